The van der Waals surface area contributed by atoms with Gasteiger partial charge in [-0.05, 0) is 24.8 Å². The van der Waals surface area contributed by atoms with Crippen molar-refractivity contribution in [3.8, 4) is 0 Å². The van der Waals surface area contributed by atoms with Crippen LogP contribution in [0.3, 0.4) is 0 Å². The molecule has 0 aliphatic heterocycles. The first kappa shape index (κ1) is 15.0. The van der Waals surface area contributed by atoms with Gasteiger partial charge in [0.2, 0.25) is 0 Å². The molecule has 2 N–H and O–H groups in total. The summed E-state index contributed by atoms with van der Waals surface area (Å²) in [5, 5.41) is 0. The van der Waals surface area contributed by atoms with Crippen molar-refractivity contribution < 1.29 is 9.53 Å². The van der Waals surface area contributed by atoms with Gasteiger partial charge >= 0.3 is 5.97 Å². The van der Waals surface area contributed by atoms with Crippen molar-refractivity contribution in [3.63, 3.8) is 0 Å². The average Bonchev–Trinajstić information content (AvgIpc) is 2.98. The largest absolute Gasteiger partial charge is 0.468 e. The van der Waals surface area contributed by atoms with Crippen LogP contribution < -0.4 is 5.73 Å². The number of esters is 1. The van der Waals surface area contributed by atoms with E-state index in [2.05, 4.69) is 0 Å². The molecule has 0 aromatic heterocycles. The Morgan fingerprint density at radius 3 is 2.40 bits per heavy atom. The highest BCUT2D eigenvalue weighted by atomic mass is 16.5. The summed E-state index contributed by atoms with van der Waals surface area (Å²) in [5.41, 5.74) is 7.52. The molecule has 0 spiro atoms. The topological polar surface area (TPSA) is 52.3 Å². The second kappa shape index (κ2) is 6.40. The first-order valence-corrected chi connectivity index (χ1v) is 7.48. The third-order valence-corrected chi connectivity index (χ3v) is 4.64. The SMILES string of the molecule is COC(=O)C(CN)(CC1CCCC1)c1ccc(C)cc1. The van der Waals surface area contributed by atoms with Crippen LogP contribution in [0.5, 0.6) is 0 Å². The fourth-order valence-corrected chi connectivity index (χ4v) is 3.38. The van der Waals surface area contributed by atoms with E-state index in [-0.39, 0.29) is 5.97 Å². The van der Waals surface area contributed by atoms with Gasteiger partial charge in [0.15, 0.2) is 0 Å². The lowest BCUT2D eigenvalue weighted by molar-refractivity contribution is -0.148. The van der Waals surface area contributed by atoms with E-state index in [1.807, 2.05) is 31.2 Å². The molecule has 1 aliphatic rings. The van der Waals surface area contributed by atoms with E-state index in [0.29, 0.717) is 12.5 Å². The van der Waals surface area contributed by atoms with Gasteiger partial charge in [0.1, 0.15) is 5.41 Å². The van der Waals surface area contributed by atoms with E-state index in [1.165, 1.54) is 38.4 Å². The van der Waals surface area contributed by atoms with Crippen LogP contribution in [0.15, 0.2) is 24.3 Å². The molecule has 0 bridgehead atoms. The maximum atomic E-state index is 12.4. The van der Waals surface area contributed by atoms with Crippen LogP contribution in [0.1, 0.15) is 43.2 Å². The van der Waals surface area contributed by atoms with E-state index >= 15 is 0 Å². The summed E-state index contributed by atoms with van der Waals surface area (Å²) < 4.78 is 5.08. The minimum atomic E-state index is -0.683. The lowest BCUT2D eigenvalue weighted by atomic mass is 9.73. The lowest BCUT2D eigenvalue weighted by Gasteiger charge is -2.32. The number of hydrogen-bond acceptors (Lipinski definition) is 3. The molecule has 110 valence electrons. The van der Waals surface area contributed by atoms with Gasteiger partial charge in [-0.2, -0.15) is 0 Å². The normalized spacial score (nSPS) is 18.8. The predicted octanol–water partition coefficient (Wildman–Crippen LogP) is 2.94. The Hall–Kier alpha value is -1.35. The van der Waals surface area contributed by atoms with Crippen LogP contribution in [0.4, 0.5) is 0 Å². The number of carbonyl (C=O) groups is 1. The zero-order chi connectivity index (χ0) is 14.6. The number of hydrogen-bond donors (Lipinski definition) is 1. The van der Waals surface area contributed by atoms with Crippen LogP contribution >= 0.6 is 0 Å². The van der Waals surface area contributed by atoms with Crippen molar-refractivity contribution in [2.75, 3.05) is 13.7 Å². The summed E-state index contributed by atoms with van der Waals surface area (Å²) in [4.78, 5) is 12.4. The quantitative estimate of drug-likeness (QED) is 0.841. The Morgan fingerprint density at radius 2 is 1.90 bits per heavy atom. The van der Waals surface area contributed by atoms with Crippen molar-refractivity contribution in [2.24, 2.45) is 11.7 Å². The summed E-state index contributed by atoms with van der Waals surface area (Å²) in [5.74, 6) is 0.384. The molecule has 1 atom stereocenters. The molecule has 0 radical (unpaired) electrons. The minimum absolute atomic E-state index is 0.198. The molecule has 20 heavy (non-hydrogen) atoms. The van der Waals surface area contributed by atoms with Crippen molar-refractivity contribution in [1.82, 2.24) is 0 Å². The zero-order valence-electron chi connectivity index (χ0n) is 12.5. The van der Waals surface area contributed by atoms with Gasteiger partial charge in [0.25, 0.3) is 0 Å². The number of rotatable bonds is 5. The zero-order valence-corrected chi connectivity index (χ0v) is 12.5. The molecule has 2 rings (SSSR count). The van der Waals surface area contributed by atoms with E-state index in [9.17, 15) is 4.79 Å². The minimum Gasteiger partial charge on any atom is -0.468 e. The Bertz CT molecular complexity index is 449. The van der Waals surface area contributed by atoms with Crippen LogP contribution in [0.2, 0.25) is 0 Å². The molecule has 3 nitrogen and oxygen atoms in total. The summed E-state index contributed by atoms with van der Waals surface area (Å²) in [6.07, 6.45) is 5.73. The molecular formula is C17H25NO2. The smallest absolute Gasteiger partial charge is 0.317 e. The van der Waals surface area contributed by atoms with E-state index < -0.39 is 5.41 Å². The maximum Gasteiger partial charge on any atom is 0.317 e. The van der Waals surface area contributed by atoms with Gasteiger partial charge < -0.3 is 10.5 Å². The molecule has 0 saturated heterocycles. The molecule has 3 heteroatoms. The lowest BCUT2D eigenvalue weighted by Crippen LogP contribution is -2.45. The highest BCUT2D eigenvalue weighted by Gasteiger charge is 2.42. The maximum absolute atomic E-state index is 12.4. The first-order chi connectivity index (χ1) is 9.62. The van der Waals surface area contributed by atoms with Gasteiger partial charge in [-0.3, -0.25) is 4.79 Å². The molecule has 1 unspecified atom stereocenters. The van der Waals surface area contributed by atoms with Gasteiger partial charge in [-0.1, -0.05) is 55.5 Å². The molecule has 0 amide bonds. The third kappa shape index (κ3) is 2.88. The van der Waals surface area contributed by atoms with E-state index in [1.54, 1.807) is 0 Å². The standard InChI is InChI=1S/C17H25NO2/c1-13-7-9-15(10-8-13)17(12-18,16(19)20-2)11-14-5-3-4-6-14/h7-10,14H,3-6,11-12,18H2,1-2H3. The third-order valence-electron chi connectivity index (χ3n) is 4.64. The first-order valence-electron chi connectivity index (χ1n) is 7.48. The number of carbonyl (C=O) groups excluding carboxylic acids is 1. The second-order valence-electron chi connectivity index (χ2n) is 6.00. The Balaban J connectivity index is 2.35. The van der Waals surface area contributed by atoms with Gasteiger partial charge in [-0.15, -0.1) is 0 Å². The van der Waals surface area contributed by atoms with Crippen LogP contribution in [0.25, 0.3) is 0 Å². The molecule has 1 saturated carbocycles. The fraction of sp³-hybridized carbons (Fsp3) is 0.588. The summed E-state index contributed by atoms with van der Waals surface area (Å²) in [7, 11) is 1.45. The fourth-order valence-electron chi connectivity index (χ4n) is 3.38. The average molecular weight is 275 g/mol. The number of methoxy groups -OCH3 is 1. The van der Waals surface area contributed by atoms with Gasteiger partial charge in [-0.25, -0.2) is 0 Å². The molecule has 1 aromatic rings. The summed E-state index contributed by atoms with van der Waals surface area (Å²) >= 11 is 0. The van der Waals surface area contributed by atoms with Crippen molar-refractivity contribution in [1.29, 1.82) is 0 Å². The van der Waals surface area contributed by atoms with Crippen LogP contribution in [0, 0.1) is 12.8 Å². The van der Waals surface area contributed by atoms with E-state index in [4.69, 9.17) is 10.5 Å². The highest BCUT2D eigenvalue weighted by Crippen LogP contribution is 2.38. The van der Waals surface area contributed by atoms with Crippen molar-refractivity contribution in [3.05, 3.63) is 35.4 Å². The Kier molecular flexibility index (Phi) is 4.81. The molecular weight excluding hydrogens is 250 g/mol. The number of benzene rings is 1. The van der Waals surface area contributed by atoms with Crippen LogP contribution in [-0.4, -0.2) is 19.6 Å². The molecule has 0 heterocycles. The van der Waals surface area contributed by atoms with Gasteiger partial charge in [0, 0.05) is 6.54 Å². The highest BCUT2D eigenvalue weighted by molar-refractivity contribution is 5.83. The second-order valence-corrected chi connectivity index (χ2v) is 6.00. The summed E-state index contributed by atoms with van der Waals surface area (Å²) in [6.45, 7) is 2.35. The number of nitrogens with two attached hydrogens (primary N) is 1. The van der Waals surface area contributed by atoms with Crippen molar-refractivity contribution in [2.45, 2.75) is 44.4 Å². The Morgan fingerprint density at radius 1 is 1.30 bits per heavy atom. The molecule has 1 aromatic carbocycles. The van der Waals surface area contributed by atoms with Crippen molar-refractivity contribution >= 4 is 5.97 Å². The number of ether oxygens (including phenoxy) is 1. The molecule has 1 fully saturated rings. The van der Waals surface area contributed by atoms with Crippen LogP contribution in [-0.2, 0) is 14.9 Å². The summed E-state index contributed by atoms with van der Waals surface area (Å²) in [6, 6.07) is 8.12. The predicted molar refractivity (Wildman–Crippen MR) is 80.5 cm³/mol. The van der Waals surface area contributed by atoms with Gasteiger partial charge in [0.05, 0.1) is 7.11 Å². The van der Waals surface area contributed by atoms with E-state index in [0.717, 1.165) is 12.0 Å². The number of aryl methyl sites for hydroxylation is 1. The Labute approximate surface area is 121 Å². The monoisotopic (exact) mass is 275 g/mol. The molecule has 1 aliphatic carbocycles.